The van der Waals surface area contributed by atoms with E-state index >= 15 is 0 Å². The monoisotopic (exact) mass is 380 g/mol. The number of aliphatic hydroxyl groups is 1. The van der Waals surface area contributed by atoms with Crippen molar-refractivity contribution in [3.63, 3.8) is 0 Å². The zero-order valence-corrected chi connectivity index (χ0v) is 16.5. The van der Waals surface area contributed by atoms with E-state index in [0.29, 0.717) is 19.0 Å². The number of methoxy groups -OCH3 is 2. The van der Waals surface area contributed by atoms with Crippen LogP contribution in [0.2, 0.25) is 0 Å². The molecule has 0 aliphatic rings. The summed E-state index contributed by atoms with van der Waals surface area (Å²) in [6.07, 6.45) is 9.93. The summed E-state index contributed by atoms with van der Waals surface area (Å²) in [6, 6.07) is 4.83. The highest BCUT2D eigenvalue weighted by Crippen LogP contribution is 2.24. The first-order valence-electron chi connectivity index (χ1n) is 9.69. The summed E-state index contributed by atoms with van der Waals surface area (Å²) in [5.74, 6) is -0.874. The van der Waals surface area contributed by atoms with E-state index in [0.717, 1.165) is 32.1 Å². The third-order valence-electron chi connectivity index (χ3n) is 4.38. The number of carbonyl (C=O) groups is 2. The van der Waals surface area contributed by atoms with Crippen molar-refractivity contribution in [2.45, 2.75) is 57.8 Å². The molecule has 1 aromatic rings. The number of unbranched alkanes of at least 4 members (excludes halogenated alkanes) is 8. The Labute approximate surface area is 161 Å². The van der Waals surface area contributed by atoms with Crippen molar-refractivity contribution < 1.29 is 28.9 Å². The molecule has 152 valence electrons. The molecule has 0 bridgehead atoms. The predicted octanol–water partition coefficient (Wildman–Crippen LogP) is 4.14. The van der Waals surface area contributed by atoms with Crippen LogP contribution in [0, 0.1) is 0 Å². The number of aliphatic hydroxyl groups excluding tert-OH is 1. The molecule has 6 heteroatoms. The molecule has 0 heterocycles. The van der Waals surface area contributed by atoms with Crippen LogP contribution >= 0.6 is 0 Å². The number of ether oxygens (including phenoxy) is 3. The maximum Gasteiger partial charge on any atom is 0.342 e. The molecular weight excluding hydrogens is 348 g/mol. The van der Waals surface area contributed by atoms with E-state index in [4.69, 9.17) is 19.3 Å². The molecule has 0 unspecified atom stereocenters. The Morgan fingerprint density at radius 1 is 0.815 bits per heavy atom. The summed E-state index contributed by atoms with van der Waals surface area (Å²) >= 11 is 0. The van der Waals surface area contributed by atoms with Gasteiger partial charge in [0.15, 0.2) is 0 Å². The second-order valence-corrected chi connectivity index (χ2v) is 6.42. The summed E-state index contributed by atoms with van der Waals surface area (Å²) in [4.78, 5) is 23.9. The molecule has 0 aromatic heterocycles. The van der Waals surface area contributed by atoms with Crippen LogP contribution in [0.5, 0.6) is 5.75 Å². The highest BCUT2D eigenvalue weighted by molar-refractivity contribution is 6.05. The fourth-order valence-corrected chi connectivity index (χ4v) is 2.88. The Morgan fingerprint density at radius 3 is 1.93 bits per heavy atom. The molecule has 0 spiro atoms. The van der Waals surface area contributed by atoms with E-state index in [2.05, 4.69) is 0 Å². The molecule has 1 rings (SSSR count). The van der Waals surface area contributed by atoms with Crippen LogP contribution in [0.25, 0.3) is 0 Å². The minimum Gasteiger partial charge on any atom is -0.493 e. The molecule has 0 fully saturated rings. The molecule has 0 saturated carbocycles. The van der Waals surface area contributed by atoms with Gasteiger partial charge < -0.3 is 19.3 Å². The van der Waals surface area contributed by atoms with Crippen molar-refractivity contribution in [3.8, 4) is 5.75 Å². The Morgan fingerprint density at radius 2 is 1.37 bits per heavy atom. The first kappa shape index (κ1) is 23.0. The normalized spacial score (nSPS) is 10.5. The molecule has 1 N–H and O–H groups in total. The second-order valence-electron chi connectivity index (χ2n) is 6.42. The van der Waals surface area contributed by atoms with E-state index in [9.17, 15) is 9.59 Å². The van der Waals surface area contributed by atoms with Gasteiger partial charge in [-0.1, -0.05) is 51.0 Å². The molecule has 0 aliphatic heterocycles. The lowest BCUT2D eigenvalue weighted by molar-refractivity contribution is 0.0551. The van der Waals surface area contributed by atoms with Gasteiger partial charge in [-0.05, 0) is 25.0 Å². The Balaban J connectivity index is 2.38. The molecular formula is C21H32O6. The zero-order valence-electron chi connectivity index (χ0n) is 16.5. The van der Waals surface area contributed by atoms with E-state index in [1.54, 1.807) is 12.1 Å². The molecule has 0 radical (unpaired) electrons. The summed E-state index contributed by atoms with van der Waals surface area (Å²) in [5.41, 5.74) is 0.248. The number of benzene rings is 1. The molecule has 0 saturated heterocycles. The molecule has 1 aromatic carbocycles. The SMILES string of the molecule is COC(=O)c1cccc(OCCCCCCCCCCCO)c1C(=O)OC. The van der Waals surface area contributed by atoms with Crippen LogP contribution in [0.15, 0.2) is 18.2 Å². The maximum atomic E-state index is 12.1. The van der Waals surface area contributed by atoms with Gasteiger partial charge in [-0.25, -0.2) is 9.59 Å². The Hall–Kier alpha value is -2.08. The quantitative estimate of drug-likeness (QED) is 0.386. The number of carbonyl (C=O) groups excluding carboxylic acids is 2. The number of hydrogen-bond donors (Lipinski definition) is 1. The fourth-order valence-electron chi connectivity index (χ4n) is 2.88. The van der Waals surface area contributed by atoms with Crippen molar-refractivity contribution in [2.24, 2.45) is 0 Å². The number of hydrogen-bond acceptors (Lipinski definition) is 6. The van der Waals surface area contributed by atoms with Crippen molar-refractivity contribution in [2.75, 3.05) is 27.4 Å². The minimum atomic E-state index is -0.618. The minimum absolute atomic E-state index is 0.106. The van der Waals surface area contributed by atoms with Crippen LogP contribution in [0.1, 0.15) is 78.5 Å². The molecule has 27 heavy (non-hydrogen) atoms. The van der Waals surface area contributed by atoms with Crippen molar-refractivity contribution >= 4 is 11.9 Å². The van der Waals surface area contributed by atoms with Gasteiger partial charge in [-0.15, -0.1) is 0 Å². The standard InChI is InChI=1S/C21H32O6/c1-25-20(23)17-13-12-14-18(19(17)21(24)26-2)27-16-11-9-7-5-3-4-6-8-10-15-22/h12-14,22H,3-11,15-16H2,1-2H3. The number of rotatable bonds is 14. The zero-order chi connectivity index (χ0) is 19.9. The van der Waals surface area contributed by atoms with Gasteiger partial charge in [-0.2, -0.15) is 0 Å². The van der Waals surface area contributed by atoms with Crippen LogP contribution in [0.4, 0.5) is 0 Å². The van der Waals surface area contributed by atoms with E-state index < -0.39 is 11.9 Å². The van der Waals surface area contributed by atoms with E-state index in [-0.39, 0.29) is 11.1 Å². The smallest absolute Gasteiger partial charge is 0.342 e. The Kier molecular flexibility index (Phi) is 11.9. The average Bonchev–Trinajstić information content (AvgIpc) is 2.70. The topological polar surface area (TPSA) is 82.1 Å². The Bertz CT molecular complexity index is 570. The molecule has 0 amide bonds. The maximum absolute atomic E-state index is 12.1. The van der Waals surface area contributed by atoms with Gasteiger partial charge in [0.2, 0.25) is 0 Å². The van der Waals surface area contributed by atoms with Crippen molar-refractivity contribution in [1.29, 1.82) is 0 Å². The summed E-state index contributed by atoms with van der Waals surface area (Å²) < 4.78 is 15.2. The van der Waals surface area contributed by atoms with Crippen molar-refractivity contribution in [1.82, 2.24) is 0 Å². The van der Waals surface area contributed by atoms with Gasteiger partial charge in [-0.3, -0.25) is 0 Å². The highest BCUT2D eigenvalue weighted by Gasteiger charge is 2.23. The lowest BCUT2D eigenvalue weighted by atomic mass is 10.1. The van der Waals surface area contributed by atoms with Gasteiger partial charge in [0.1, 0.15) is 11.3 Å². The first-order chi connectivity index (χ1) is 13.2. The highest BCUT2D eigenvalue weighted by atomic mass is 16.5. The third kappa shape index (κ3) is 8.43. The van der Waals surface area contributed by atoms with Crippen LogP contribution in [0.3, 0.4) is 0 Å². The van der Waals surface area contributed by atoms with Gasteiger partial charge in [0, 0.05) is 6.61 Å². The molecule has 6 nitrogen and oxygen atoms in total. The van der Waals surface area contributed by atoms with Crippen LogP contribution < -0.4 is 4.74 Å². The van der Waals surface area contributed by atoms with Gasteiger partial charge in [0.25, 0.3) is 0 Å². The fraction of sp³-hybridized carbons (Fsp3) is 0.619. The van der Waals surface area contributed by atoms with E-state index in [1.165, 1.54) is 46.0 Å². The lowest BCUT2D eigenvalue weighted by Gasteiger charge is -2.13. The lowest BCUT2D eigenvalue weighted by Crippen LogP contribution is -2.14. The average molecular weight is 380 g/mol. The molecule has 0 aliphatic carbocycles. The second kappa shape index (κ2) is 14.0. The van der Waals surface area contributed by atoms with Crippen LogP contribution in [-0.4, -0.2) is 44.5 Å². The summed E-state index contributed by atoms with van der Waals surface area (Å²) in [5, 5.41) is 8.73. The first-order valence-corrected chi connectivity index (χ1v) is 9.69. The van der Waals surface area contributed by atoms with Gasteiger partial charge >= 0.3 is 11.9 Å². The predicted molar refractivity (Wildman–Crippen MR) is 103 cm³/mol. The van der Waals surface area contributed by atoms with Crippen LogP contribution in [-0.2, 0) is 9.47 Å². The van der Waals surface area contributed by atoms with Crippen molar-refractivity contribution in [3.05, 3.63) is 29.3 Å². The summed E-state index contributed by atoms with van der Waals surface area (Å²) in [7, 11) is 2.54. The molecule has 0 atom stereocenters. The van der Waals surface area contributed by atoms with E-state index in [1.807, 2.05) is 0 Å². The number of esters is 2. The third-order valence-corrected chi connectivity index (χ3v) is 4.38. The summed E-state index contributed by atoms with van der Waals surface area (Å²) in [6.45, 7) is 0.769. The largest absolute Gasteiger partial charge is 0.493 e. The van der Waals surface area contributed by atoms with Gasteiger partial charge in [0.05, 0.1) is 26.4 Å².